The van der Waals surface area contributed by atoms with Crippen molar-refractivity contribution in [2.45, 2.75) is 26.2 Å². The summed E-state index contributed by atoms with van der Waals surface area (Å²) in [6.07, 6.45) is -0.310. The lowest BCUT2D eigenvalue weighted by Gasteiger charge is -2.13. The van der Waals surface area contributed by atoms with E-state index in [1.54, 1.807) is 19.1 Å². The van der Waals surface area contributed by atoms with E-state index in [1.807, 2.05) is 49.4 Å². The molecule has 3 rings (SSSR count). The minimum Gasteiger partial charge on any atom is -0.497 e. The zero-order chi connectivity index (χ0) is 18.5. The molecule has 0 aliphatic carbocycles. The Morgan fingerprint density at radius 2 is 1.65 bits per heavy atom. The van der Waals surface area contributed by atoms with Gasteiger partial charge >= 0.3 is 6.09 Å². The van der Waals surface area contributed by atoms with E-state index in [9.17, 15) is 4.79 Å². The Morgan fingerprint density at radius 3 is 2.19 bits per heavy atom. The van der Waals surface area contributed by atoms with E-state index >= 15 is 0 Å². The average Bonchev–Trinajstić information content (AvgIpc) is 2.97. The highest BCUT2D eigenvalue weighted by molar-refractivity contribution is 5.69. The summed E-state index contributed by atoms with van der Waals surface area (Å²) in [6.45, 7) is 3.45. The third-order valence-electron chi connectivity index (χ3n) is 4.15. The lowest BCUT2D eigenvalue weighted by Crippen LogP contribution is -2.24. The molecule has 0 saturated carbocycles. The van der Waals surface area contributed by atoms with Crippen LogP contribution in [0.1, 0.15) is 18.1 Å². The van der Waals surface area contributed by atoms with Gasteiger partial charge in [0, 0.05) is 12.6 Å². The molecule has 1 aliphatic heterocycles. The van der Waals surface area contributed by atoms with Crippen molar-refractivity contribution in [3.63, 3.8) is 0 Å². The van der Waals surface area contributed by atoms with Crippen molar-refractivity contribution in [3.8, 4) is 17.2 Å². The number of benzene rings is 2. The van der Waals surface area contributed by atoms with E-state index in [4.69, 9.17) is 18.9 Å². The van der Waals surface area contributed by atoms with Gasteiger partial charge in [-0.25, -0.2) is 4.79 Å². The summed E-state index contributed by atoms with van der Waals surface area (Å²) < 4.78 is 21.5. The molecule has 26 heavy (non-hydrogen) atoms. The van der Waals surface area contributed by atoms with Gasteiger partial charge in [-0.3, -0.25) is 0 Å². The Labute approximate surface area is 153 Å². The Balaban J connectivity index is 1.59. The number of methoxy groups -OCH3 is 2. The van der Waals surface area contributed by atoms with Crippen LogP contribution < -0.4 is 14.2 Å². The predicted octanol–water partition coefficient (Wildman–Crippen LogP) is 3.62. The molecular formula is C20H23NO5. The van der Waals surface area contributed by atoms with E-state index in [1.165, 1.54) is 0 Å². The molecule has 1 unspecified atom stereocenters. The van der Waals surface area contributed by atoms with Crippen LogP contribution in [0.15, 0.2) is 42.5 Å². The molecule has 1 fully saturated rings. The second-order valence-electron chi connectivity index (χ2n) is 6.23. The molecule has 0 N–H and O–H groups in total. The summed E-state index contributed by atoms with van der Waals surface area (Å²) in [5, 5.41) is 0. The number of carbonyl (C=O) groups excluding carboxylic acids is 1. The van der Waals surface area contributed by atoms with Gasteiger partial charge in [0.1, 0.15) is 30.0 Å². The number of nitrogens with zero attached hydrogens (tertiary/aromatic N) is 1. The number of hydrogen-bond donors (Lipinski definition) is 0. The monoisotopic (exact) mass is 357 g/mol. The fourth-order valence-corrected chi connectivity index (χ4v) is 2.83. The van der Waals surface area contributed by atoms with Crippen molar-refractivity contribution in [1.82, 2.24) is 4.90 Å². The van der Waals surface area contributed by atoms with Gasteiger partial charge in [-0.15, -0.1) is 0 Å². The molecule has 2 aromatic carbocycles. The fraction of sp³-hybridized carbons (Fsp3) is 0.350. The molecule has 6 nitrogen and oxygen atoms in total. The number of hydrogen-bond acceptors (Lipinski definition) is 5. The smallest absolute Gasteiger partial charge is 0.410 e. The summed E-state index contributed by atoms with van der Waals surface area (Å²) in [4.78, 5) is 13.4. The average molecular weight is 357 g/mol. The molecule has 6 heteroatoms. The standard InChI is InChI=1S/C20H23NO5/c1-14-11-21(20(22)26-14)12-15-4-6-17(7-5-15)25-13-16-8-18(23-2)10-19(9-16)24-3/h4-10,14H,11-13H2,1-3H3. The van der Waals surface area contributed by atoms with Crippen LogP contribution >= 0.6 is 0 Å². The van der Waals surface area contributed by atoms with Crippen molar-refractivity contribution in [2.75, 3.05) is 20.8 Å². The first-order valence-electron chi connectivity index (χ1n) is 8.46. The van der Waals surface area contributed by atoms with Crippen LogP contribution in [0.5, 0.6) is 17.2 Å². The lowest BCUT2D eigenvalue weighted by molar-refractivity contribution is 0.137. The third-order valence-corrected chi connectivity index (χ3v) is 4.15. The molecule has 0 aromatic heterocycles. The van der Waals surface area contributed by atoms with Gasteiger partial charge in [0.05, 0.1) is 20.8 Å². The first kappa shape index (κ1) is 17.9. The van der Waals surface area contributed by atoms with Crippen molar-refractivity contribution in [1.29, 1.82) is 0 Å². The van der Waals surface area contributed by atoms with Crippen LogP contribution in [0.4, 0.5) is 4.79 Å². The highest BCUT2D eigenvalue weighted by atomic mass is 16.6. The minimum atomic E-state index is -0.259. The number of cyclic esters (lactones) is 1. The Morgan fingerprint density at radius 1 is 1.00 bits per heavy atom. The van der Waals surface area contributed by atoms with Crippen molar-refractivity contribution >= 4 is 6.09 Å². The van der Waals surface area contributed by atoms with Gasteiger partial charge < -0.3 is 23.8 Å². The lowest BCUT2D eigenvalue weighted by atomic mass is 10.2. The minimum absolute atomic E-state index is 0.0510. The van der Waals surface area contributed by atoms with Crippen LogP contribution in [0.3, 0.4) is 0 Å². The van der Waals surface area contributed by atoms with E-state index in [2.05, 4.69) is 0 Å². The van der Waals surface area contributed by atoms with Gasteiger partial charge in [0.15, 0.2) is 0 Å². The highest BCUT2D eigenvalue weighted by Crippen LogP contribution is 2.24. The normalized spacial score (nSPS) is 16.3. The molecule has 0 spiro atoms. The summed E-state index contributed by atoms with van der Waals surface area (Å²) in [7, 11) is 3.24. The van der Waals surface area contributed by atoms with Crippen molar-refractivity contribution < 1.29 is 23.7 Å². The number of carbonyl (C=O) groups is 1. The first-order chi connectivity index (χ1) is 12.6. The predicted molar refractivity (Wildman–Crippen MR) is 96.7 cm³/mol. The Hall–Kier alpha value is -2.89. The van der Waals surface area contributed by atoms with Gasteiger partial charge in [-0.2, -0.15) is 0 Å². The van der Waals surface area contributed by atoms with Gasteiger partial charge in [0.2, 0.25) is 0 Å². The Kier molecular flexibility index (Phi) is 5.51. The number of rotatable bonds is 7. The summed E-state index contributed by atoms with van der Waals surface area (Å²) in [6, 6.07) is 13.4. The van der Waals surface area contributed by atoms with Crippen molar-refractivity contribution in [3.05, 3.63) is 53.6 Å². The van der Waals surface area contributed by atoms with Crippen LogP contribution in [-0.4, -0.2) is 37.9 Å². The molecule has 1 atom stereocenters. The zero-order valence-corrected chi connectivity index (χ0v) is 15.2. The molecule has 0 bridgehead atoms. The summed E-state index contributed by atoms with van der Waals surface area (Å²) >= 11 is 0. The third kappa shape index (κ3) is 4.39. The SMILES string of the molecule is COc1cc(COc2ccc(CN3CC(C)OC3=O)cc2)cc(OC)c1. The molecule has 0 radical (unpaired) electrons. The maximum absolute atomic E-state index is 11.7. The van der Waals surface area contributed by atoms with Gasteiger partial charge in [0.25, 0.3) is 0 Å². The zero-order valence-electron chi connectivity index (χ0n) is 15.2. The second-order valence-corrected chi connectivity index (χ2v) is 6.23. The van der Waals surface area contributed by atoms with E-state index in [0.29, 0.717) is 19.7 Å². The van der Waals surface area contributed by atoms with E-state index < -0.39 is 0 Å². The summed E-state index contributed by atoms with van der Waals surface area (Å²) in [5.74, 6) is 2.21. The molecule has 1 heterocycles. The molecule has 1 saturated heterocycles. The maximum Gasteiger partial charge on any atom is 0.410 e. The van der Waals surface area contributed by atoms with Crippen LogP contribution in [0.2, 0.25) is 0 Å². The Bertz CT molecular complexity index is 737. The molecule has 1 aliphatic rings. The summed E-state index contributed by atoms with van der Waals surface area (Å²) in [5.41, 5.74) is 1.99. The topological polar surface area (TPSA) is 57.2 Å². The quantitative estimate of drug-likeness (QED) is 0.757. The number of amides is 1. The van der Waals surface area contributed by atoms with Gasteiger partial charge in [-0.1, -0.05) is 12.1 Å². The van der Waals surface area contributed by atoms with Gasteiger partial charge in [-0.05, 0) is 42.3 Å². The first-order valence-corrected chi connectivity index (χ1v) is 8.46. The van der Waals surface area contributed by atoms with E-state index in [0.717, 1.165) is 28.4 Å². The molecule has 138 valence electrons. The highest BCUT2D eigenvalue weighted by Gasteiger charge is 2.27. The maximum atomic E-state index is 11.7. The van der Waals surface area contributed by atoms with Crippen LogP contribution in [0, 0.1) is 0 Å². The fourth-order valence-electron chi connectivity index (χ4n) is 2.83. The van der Waals surface area contributed by atoms with E-state index in [-0.39, 0.29) is 12.2 Å². The number of ether oxygens (including phenoxy) is 4. The molecule has 1 amide bonds. The van der Waals surface area contributed by atoms with Crippen LogP contribution in [0.25, 0.3) is 0 Å². The molecule has 2 aromatic rings. The second kappa shape index (κ2) is 7.99. The molecular weight excluding hydrogens is 334 g/mol. The largest absolute Gasteiger partial charge is 0.497 e. The van der Waals surface area contributed by atoms with Crippen LogP contribution in [-0.2, 0) is 17.9 Å². The van der Waals surface area contributed by atoms with Crippen molar-refractivity contribution in [2.24, 2.45) is 0 Å².